The third kappa shape index (κ3) is 5.05. The Morgan fingerprint density at radius 1 is 1.13 bits per heavy atom. The van der Waals surface area contributed by atoms with Crippen molar-refractivity contribution in [1.82, 2.24) is 10.2 Å². The topological polar surface area (TPSA) is 102 Å². The zero-order valence-corrected chi connectivity index (χ0v) is 16.6. The fourth-order valence-corrected chi connectivity index (χ4v) is 3.43. The van der Waals surface area contributed by atoms with Crippen LogP contribution in [0.5, 0.6) is 0 Å². The van der Waals surface area contributed by atoms with Crippen LogP contribution in [0.4, 0.5) is 4.79 Å². The van der Waals surface area contributed by atoms with E-state index in [4.69, 9.17) is 10.5 Å². The van der Waals surface area contributed by atoms with Crippen LogP contribution in [-0.2, 0) is 33.9 Å². The van der Waals surface area contributed by atoms with Gasteiger partial charge in [-0.3, -0.25) is 14.5 Å². The van der Waals surface area contributed by atoms with Crippen LogP contribution >= 0.6 is 0 Å². The van der Waals surface area contributed by atoms with E-state index in [1.807, 2.05) is 54.6 Å². The molecular formula is C23H25N3O4. The first kappa shape index (κ1) is 21.1. The molecule has 2 atom stereocenters. The van der Waals surface area contributed by atoms with Crippen molar-refractivity contribution in [2.24, 2.45) is 5.73 Å². The predicted molar refractivity (Wildman–Crippen MR) is 112 cm³/mol. The zero-order valence-electron chi connectivity index (χ0n) is 16.6. The Balaban J connectivity index is 1.78. The molecule has 7 heteroatoms. The van der Waals surface area contributed by atoms with Crippen LogP contribution in [0.3, 0.4) is 0 Å². The van der Waals surface area contributed by atoms with E-state index in [9.17, 15) is 14.4 Å². The molecular weight excluding hydrogens is 382 g/mol. The van der Waals surface area contributed by atoms with E-state index < -0.39 is 30.0 Å². The van der Waals surface area contributed by atoms with Crippen molar-refractivity contribution < 1.29 is 19.1 Å². The molecule has 7 nitrogen and oxygen atoms in total. The van der Waals surface area contributed by atoms with Gasteiger partial charge < -0.3 is 15.8 Å². The van der Waals surface area contributed by atoms with Gasteiger partial charge in [-0.05, 0) is 23.1 Å². The molecule has 0 aliphatic carbocycles. The summed E-state index contributed by atoms with van der Waals surface area (Å²) in [5.41, 5.74) is 8.16. The molecule has 0 bridgehead atoms. The Bertz CT molecular complexity index is 929. The minimum Gasteiger partial charge on any atom is -0.445 e. The van der Waals surface area contributed by atoms with Crippen LogP contribution in [0, 0.1) is 0 Å². The number of nitrogens with two attached hydrogens (primary N) is 1. The molecule has 0 aromatic heterocycles. The third-order valence-corrected chi connectivity index (χ3v) is 5.05. The number of carbonyl (C=O) groups is 3. The fraction of sp³-hybridized carbons (Fsp3) is 0.261. The SMILES string of the molecule is C=CC[C@@H](NC(=O)[C@@H]1Cc2ccccc2CN1C(=O)OCc1ccccc1)C(N)=O. The molecule has 1 heterocycles. The highest BCUT2D eigenvalue weighted by Gasteiger charge is 2.36. The van der Waals surface area contributed by atoms with Gasteiger partial charge in [0.05, 0.1) is 6.54 Å². The van der Waals surface area contributed by atoms with E-state index in [-0.39, 0.29) is 19.6 Å². The molecule has 30 heavy (non-hydrogen) atoms. The summed E-state index contributed by atoms with van der Waals surface area (Å²) in [5.74, 6) is -1.11. The smallest absolute Gasteiger partial charge is 0.411 e. The second kappa shape index (κ2) is 9.73. The average molecular weight is 407 g/mol. The summed E-state index contributed by atoms with van der Waals surface area (Å²) < 4.78 is 5.46. The number of carbonyl (C=O) groups excluding carboxylic acids is 3. The van der Waals surface area contributed by atoms with E-state index in [0.29, 0.717) is 6.42 Å². The molecule has 0 radical (unpaired) electrons. The summed E-state index contributed by atoms with van der Waals surface area (Å²) in [7, 11) is 0. The van der Waals surface area contributed by atoms with Gasteiger partial charge in [-0.2, -0.15) is 0 Å². The predicted octanol–water partition coefficient (Wildman–Crippen LogP) is 2.30. The Morgan fingerprint density at radius 2 is 1.80 bits per heavy atom. The van der Waals surface area contributed by atoms with Gasteiger partial charge in [0.15, 0.2) is 0 Å². The standard InChI is InChI=1S/C23H25N3O4/c1-2-8-19(21(24)27)25-22(28)20-13-17-11-6-7-12-18(17)14-26(20)23(29)30-15-16-9-4-3-5-10-16/h2-7,9-12,19-20H,1,8,13-15H2,(H2,24,27)(H,25,28)/t19-,20+/m1/s1. The molecule has 0 unspecified atom stereocenters. The number of primary amides is 1. The number of nitrogens with one attached hydrogen (secondary N) is 1. The molecule has 0 fully saturated rings. The molecule has 1 aliphatic rings. The Labute approximate surface area is 175 Å². The van der Waals surface area contributed by atoms with Crippen LogP contribution in [0.25, 0.3) is 0 Å². The molecule has 0 saturated heterocycles. The lowest BCUT2D eigenvalue weighted by Crippen LogP contribution is -2.56. The Hall–Kier alpha value is -3.61. The number of nitrogens with zero attached hydrogens (tertiary/aromatic N) is 1. The minimum absolute atomic E-state index is 0.104. The van der Waals surface area contributed by atoms with Crippen molar-refractivity contribution in [1.29, 1.82) is 0 Å². The molecule has 3 N–H and O–H groups in total. The van der Waals surface area contributed by atoms with Gasteiger partial charge >= 0.3 is 6.09 Å². The normalized spacial score (nSPS) is 16.1. The first-order chi connectivity index (χ1) is 14.5. The van der Waals surface area contributed by atoms with Crippen LogP contribution < -0.4 is 11.1 Å². The average Bonchev–Trinajstić information content (AvgIpc) is 2.76. The second-order valence-electron chi connectivity index (χ2n) is 7.14. The maximum atomic E-state index is 13.0. The quantitative estimate of drug-likeness (QED) is 0.688. The maximum Gasteiger partial charge on any atom is 0.411 e. The van der Waals surface area contributed by atoms with E-state index in [1.54, 1.807) is 0 Å². The molecule has 156 valence electrons. The summed E-state index contributed by atoms with van der Waals surface area (Å²) in [6.07, 6.45) is 1.45. The van der Waals surface area contributed by atoms with Gasteiger partial charge in [-0.25, -0.2) is 4.79 Å². The largest absolute Gasteiger partial charge is 0.445 e. The van der Waals surface area contributed by atoms with Gasteiger partial charge in [-0.1, -0.05) is 60.7 Å². The lowest BCUT2D eigenvalue weighted by Gasteiger charge is -2.35. The van der Waals surface area contributed by atoms with Gasteiger partial charge in [0, 0.05) is 6.42 Å². The minimum atomic E-state index is -0.880. The van der Waals surface area contributed by atoms with Crippen LogP contribution in [0.1, 0.15) is 23.1 Å². The van der Waals surface area contributed by atoms with E-state index in [2.05, 4.69) is 11.9 Å². The van der Waals surface area contributed by atoms with Crippen molar-refractivity contribution in [2.45, 2.75) is 38.1 Å². The van der Waals surface area contributed by atoms with Crippen molar-refractivity contribution in [2.75, 3.05) is 0 Å². The monoisotopic (exact) mass is 407 g/mol. The molecule has 0 spiro atoms. The van der Waals surface area contributed by atoms with Crippen molar-refractivity contribution in [3.63, 3.8) is 0 Å². The van der Waals surface area contributed by atoms with Crippen LogP contribution in [0.15, 0.2) is 67.3 Å². The lowest BCUT2D eigenvalue weighted by atomic mass is 9.93. The number of rotatable bonds is 7. The first-order valence-corrected chi connectivity index (χ1v) is 9.74. The first-order valence-electron chi connectivity index (χ1n) is 9.74. The van der Waals surface area contributed by atoms with E-state index in [0.717, 1.165) is 16.7 Å². The molecule has 3 rings (SSSR count). The molecule has 1 aliphatic heterocycles. The van der Waals surface area contributed by atoms with Crippen LogP contribution in [-0.4, -0.2) is 34.9 Å². The highest BCUT2D eigenvalue weighted by Crippen LogP contribution is 2.24. The lowest BCUT2D eigenvalue weighted by molar-refractivity contribution is -0.131. The van der Waals surface area contributed by atoms with Gasteiger partial charge in [0.25, 0.3) is 0 Å². The summed E-state index contributed by atoms with van der Waals surface area (Å²) in [6, 6.07) is 15.3. The maximum absolute atomic E-state index is 13.0. The van der Waals surface area contributed by atoms with Gasteiger partial charge in [0.2, 0.25) is 11.8 Å². The highest BCUT2D eigenvalue weighted by atomic mass is 16.6. The Kier molecular flexibility index (Phi) is 6.85. The van der Waals surface area contributed by atoms with Crippen molar-refractivity contribution in [3.05, 3.63) is 83.9 Å². The number of ether oxygens (including phenoxy) is 1. The second-order valence-corrected chi connectivity index (χ2v) is 7.14. The number of fused-ring (bicyclic) bond motifs is 1. The van der Waals surface area contributed by atoms with Crippen molar-refractivity contribution >= 4 is 17.9 Å². The van der Waals surface area contributed by atoms with Gasteiger partial charge in [-0.15, -0.1) is 6.58 Å². The number of benzene rings is 2. The number of hydrogen-bond donors (Lipinski definition) is 2. The van der Waals surface area contributed by atoms with E-state index in [1.165, 1.54) is 11.0 Å². The van der Waals surface area contributed by atoms with E-state index >= 15 is 0 Å². The summed E-state index contributed by atoms with van der Waals surface area (Å²) >= 11 is 0. The number of hydrogen-bond acceptors (Lipinski definition) is 4. The zero-order chi connectivity index (χ0) is 21.5. The van der Waals surface area contributed by atoms with Crippen molar-refractivity contribution in [3.8, 4) is 0 Å². The fourth-order valence-electron chi connectivity index (χ4n) is 3.43. The van der Waals surface area contributed by atoms with Gasteiger partial charge in [0.1, 0.15) is 18.7 Å². The number of amides is 3. The summed E-state index contributed by atoms with van der Waals surface area (Å²) in [5, 5.41) is 2.64. The third-order valence-electron chi connectivity index (χ3n) is 5.05. The molecule has 3 amide bonds. The summed E-state index contributed by atoms with van der Waals surface area (Å²) in [4.78, 5) is 38.9. The molecule has 2 aromatic carbocycles. The molecule has 0 saturated carbocycles. The highest BCUT2D eigenvalue weighted by molar-refractivity contribution is 5.91. The Morgan fingerprint density at radius 3 is 2.47 bits per heavy atom. The van der Waals surface area contributed by atoms with Crippen LogP contribution in [0.2, 0.25) is 0 Å². The molecule has 2 aromatic rings. The summed E-state index contributed by atoms with van der Waals surface area (Å²) in [6.45, 7) is 3.93.